The Kier molecular flexibility index (Phi) is 4.66. The lowest BCUT2D eigenvalue weighted by Crippen LogP contribution is -2.18. The molecule has 2 N–H and O–H groups in total. The maximum atomic E-state index is 5.67. The highest BCUT2D eigenvalue weighted by molar-refractivity contribution is 5.85. The first-order valence-electron chi connectivity index (χ1n) is 5.30. The summed E-state index contributed by atoms with van der Waals surface area (Å²) in [5.41, 5.74) is 7.82. The molecule has 0 fully saturated rings. The summed E-state index contributed by atoms with van der Waals surface area (Å²) in [4.78, 5) is 4.29. The van der Waals surface area contributed by atoms with Crippen LogP contribution in [0.1, 0.15) is 18.3 Å². The minimum absolute atomic E-state index is 0. The summed E-state index contributed by atoms with van der Waals surface area (Å²) in [6, 6.07) is 8.02. The van der Waals surface area contributed by atoms with E-state index in [9.17, 15) is 0 Å². The van der Waals surface area contributed by atoms with Crippen LogP contribution >= 0.6 is 12.4 Å². The van der Waals surface area contributed by atoms with Gasteiger partial charge < -0.3 is 10.3 Å². The summed E-state index contributed by atoms with van der Waals surface area (Å²) in [6.07, 6.45) is 0.634. The molecule has 0 aliphatic heterocycles. The molecule has 1 atom stereocenters. The monoisotopic (exact) mass is 253 g/mol. The van der Waals surface area contributed by atoms with Gasteiger partial charge in [-0.25, -0.2) is 0 Å². The van der Waals surface area contributed by atoms with Crippen LogP contribution in [0.3, 0.4) is 0 Å². The van der Waals surface area contributed by atoms with Crippen molar-refractivity contribution in [2.75, 3.05) is 0 Å². The number of benzene rings is 1. The molecule has 0 saturated heterocycles. The first-order chi connectivity index (χ1) is 7.65. The molecule has 0 amide bonds. The van der Waals surface area contributed by atoms with Gasteiger partial charge in [0.05, 0.1) is 0 Å². The van der Waals surface area contributed by atoms with Crippen molar-refractivity contribution in [1.82, 2.24) is 10.1 Å². The van der Waals surface area contributed by atoms with Crippen LogP contribution in [0.4, 0.5) is 0 Å². The van der Waals surface area contributed by atoms with Gasteiger partial charge in [0, 0.05) is 18.0 Å². The van der Waals surface area contributed by atoms with E-state index in [0.29, 0.717) is 18.1 Å². The summed E-state index contributed by atoms with van der Waals surface area (Å²) in [7, 11) is 0. The van der Waals surface area contributed by atoms with Crippen LogP contribution in [0.5, 0.6) is 0 Å². The third-order valence-electron chi connectivity index (χ3n) is 2.27. The number of hydrogen-bond acceptors (Lipinski definition) is 4. The Morgan fingerprint density at radius 3 is 2.53 bits per heavy atom. The zero-order valence-electron chi connectivity index (χ0n) is 9.88. The Balaban J connectivity index is 0.00000144. The van der Waals surface area contributed by atoms with E-state index in [2.05, 4.69) is 10.1 Å². The van der Waals surface area contributed by atoms with Crippen LogP contribution in [-0.2, 0) is 6.42 Å². The van der Waals surface area contributed by atoms with Gasteiger partial charge in [-0.1, -0.05) is 22.9 Å². The second-order valence-corrected chi connectivity index (χ2v) is 4.06. The number of hydrogen-bond donors (Lipinski definition) is 1. The molecule has 1 aromatic heterocycles. The van der Waals surface area contributed by atoms with Crippen molar-refractivity contribution < 1.29 is 4.52 Å². The lowest BCUT2D eigenvalue weighted by atomic mass is 10.1. The normalized spacial score (nSPS) is 11.9. The Morgan fingerprint density at radius 1 is 1.29 bits per heavy atom. The highest BCUT2D eigenvalue weighted by atomic mass is 35.5. The summed E-state index contributed by atoms with van der Waals surface area (Å²) in [5.74, 6) is 1.21. The van der Waals surface area contributed by atoms with Gasteiger partial charge in [-0.05, 0) is 26.0 Å². The standard InChI is InChI=1S/C12H15N3O.ClH/c1-8-3-5-10(6-4-8)12-14-11(15-16-12)7-9(2)13;/h3-6,9H,7,13H2,1-2H3;1H. The predicted octanol–water partition coefficient (Wildman–Crippen LogP) is 2.36. The van der Waals surface area contributed by atoms with Gasteiger partial charge in [0.15, 0.2) is 5.82 Å². The zero-order valence-corrected chi connectivity index (χ0v) is 10.7. The average Bonchev–Trinajstić information content (AvgIpc) is 2.66. The predicted molar refractivity (Wildman–Crippen MR) is 69.1 cm³/mol. The van der Waals surface area contributed by atoms with Crippen molar-refractivity contribution in [2.24, 2.45) is 5.73 Å². The zero-order chi connectivity index (χ0) is 11.5. The van der Waals surface area contributed by atoms with Crippen LogP contribution in [0.25, 0.3) is 11.5 Å². The number of nitrogens with zero attached hydrogens (tertiary/aromatic N) is 2. The lowest BCUT2D eigenvalue weighted by Gasteiger charge is -1.97. The molecule has 0 bridgehead atoms. The molecule has 0 spiro atoms. The van der Waals surface area contributed by atoms with E-state index < -0.39 is 0 Å². The number of rotatable bonds is 3. The molecule has 1 unspecified atom stereocenters. The highest BCUT2D eigenvalue weighted by Crippen LogP contribution is 2.17. The van der Waals surface area contributed by atoms with Crippen LogP contribution in [0, 0.1) is 6.92 Å². The second kappa shape index (κ2) is 5.80. The van der Waals surface area contributed by atoms with Gasteiger partial charge in [0.1, 0.15) is 0 Å². The molecule has 92 valence electrons. The quantitative estimate of drug-likeness (QED) is 0.912. The largest absolute Gasteiger partial charge is 0.334 e. The molecule has 1 aromatic carbocycles. The van der Waals surface area contributed by atoms with Gasteiger partial charge in [-0.2, -0.15) is 4.98 Å². The highest BCUT2D eigenvalue weighted by Gasteiger charge is 2.09. The molecule has 0 aliphatic carbocycles. The Morgan fingerprint density at radius 2 is 1.94 bits per heavy atom. The van der Waals surface area contributed by atoms with Crippen LogP contribution in [0.2, 0.25) is 0 Å². The molecular weight excluding hydrogens is 238 g/mol. The Bertz CT molecular complexity index is 465. The van der Waals surface area contributed by atoms with Crippen molar-refractivity contribution in [3.05, 3.63) is 35.7 Å². The summed E-state index contributed by atoms with van der Waals surface area (Å²) in [6.45, 7) is 3.96. The van der Waals surface area contributed by atoms with Crippen molar-refractivity contribution in [3.63, 3.8) is 0 Å². The molecule has 0 saturated carbocycles. The SMILES string of the molecule is Cc1ccc(-c2nc(CC(C)N)no2)cc1.Cl. The fraction of sp³-hybridized carbons (Fsp3) is 0.333. The maximum absolute atomic E-state index is 5.67. The van der Waals surface area contributed by atoms with Gasteiger partial charge in [-0.15, -0.1) is 12.4 Å². The van der Waals surface area contributed by atoms with E-state index in [1.165, 1.54) is 5.56 Å². The first-order valence-corrected chi connectivity index (χ1v) is 5.30. The topological polar surface area (TPSA) is 64.9 Å². The van der Waals surface area contributed by atoms with E-state index in [4.69, 9.17) is 10.3 Å². The summed E-state index contributed by atoms with van der Waals surface area (Å²) >= 11 is 0. The number of aryl methyl sites for hydroxylation is 1. The minimum Gasteiger partial charge on any atom is -0.334 e. The lowest BCUT2D eigenvalue weighted by molar-refractivity contribution is 0.420. The van der Waals surface area contributed by atoms with Gasteiger partial charge in [0.2, 0.25) is 0 Å². The van der Waals surface area contributed by atoms with Crippen molar-refractivity contribution in [1.29, 1.82) is 0 Å². The summed E-state index contributed by atoms with van der Waals surface area (Å²) < 4.78 is 5.17. The van der Waals surface area contributed by atoms with E-state index in [1.807, 2.05) is 38.1 Å². The Labute approximate surface area is 107 Å². The molecule has 4 nitrogen and oxygen atoms in total. The summed E-state index contributed by atoms with van der Waals surface area (Å²) in [5, 5.41) is 3.89. The van der Waals surface area contributed by atoms with Crippen molar-refractivity contribution in [2.45, 2.75) is 26.3 Å². The third-order valence-corrected chi connectivity index (χ3v) is 2.27. The van der Waals surface area contributed by atoms with Crippen LogP contribution < -0.4 is 5.73 Å². The third kappa shape index (κ3) is 3.54. The molecule has 0 aliphatic rings. The van der Waals surface area contributed by atoms with E-state index in [1.54, 1.807) is 0 Å². The van der Waals surface area contributed by atoms with Crippen LogP contribution in [-0.4, -0.2) is 16.2 Å². The maximum Gasteiger partial charge on any atom is 0.257 e. The van der Waals surface area contributed by atoms with Crippen molar-refractivity contribution >= 4 is 12.4 Å². The van der Waals surface area contributed by atoms with Crippen LogP contribution in [0.15, 0.2) is 28.8 Å². The average molecular weight is 254 g/mol. The fourth-order valence-corrected chi connectivity index (χ4v) is 1.44. The van der Waals surface area contributed by atoms with Gasteiger partial charge in [-0.3, -0.25) is 0 Å². The molecule has 17 heavy (non-hydrogen) atoms. The van der Waals surface area contributed by atoms with Gasteiger partial charge >= 0.3 is 0 Å². The molecule has 0 radical (unpaired) electrons. The number of aromatic nitrogens is 2. The van der Waals surface area contributed by atoms with Crippen molar-refractivity contribution in [3.8, 4) is 11.5 Å². The van der Waals surface area contributed by atoms with E-state index >= 15 is 0 Å². The second-order valence-electron chi connectivity index (χ2n) is 4.06. The molecule has 5 heteroatoms. The number of halogens is 1. The van der Waals surface area contributed by atoms with Gasteiger partial charge in [0.25, 0.3) is 5.89 Å². The smallest absolute Gasteiger partial charge is 0.257 e. The first kappa shape index (κ1) is 13.7. The molecule has 2 aromatic rings. The molecular formula is C12H16ClN3O. The molecule has 1 heterocycles. The fourth-order valence-electron chi connectivity index (χ4n) is 1.44. The number of nitrogens with two attached hydrogens (primary N) is 1. The van der Waals surface area contributed by atoms with E-state index in [0.717, 1.165) is 5.56 Å². The Hall–Kier alpha value is -1.39. The van der Waals surface area contributed by atoms with E-state index in [-0.39, 0.29) is 18.4 Å². The minimum atomic E-state index is 0. The molecule has 2 rings (SSSR count).